The van der Waals surface area contributed by atoms with Crippen LogP contribution >= 0.6 is 11.6 Å². The van der Waals surface area contributed by atoms with Gasteiger partial charge in [0.2, 0.25) is 6.10 Å². The van der Waals surface area contributed by atoms with Crippen molar-refractivity contribution in [3.05, 3.63) is 28.8 Å². The molecule has 0 spiro atoms. The minimum absolute atomic E-state index is 0. The molecule has 0 amide bonds. The predicted octanol–water partition coefficient (Wildman–Crippen LogP) is 1.35. The van der Waals surface area contributed by atoms with Crippen molar-refractivity contribution in [2.75, 3.05) is 18.6 Å². The van der Waals surface area contributed by atoms with E-state index in [0.29, 0.717) is 5.92 Å². The van der Waals surface area contributed by atoms with Gasteiger partial charge in [-0.1, -0.05) is 11.6 Å². The molecule has 1 unspecified atom stereocenters. The van der Waals surface area contributed by atoms with Gasteiger partial charge >= 0.3 is 57.6 Å². The van der Waals surface area contributed by atoms with E-state index >= 15 is 0 Å². The van der Waals surface area contributed by atoms with E-state index in [0.717, 1.165) is 6.07 Å². The van der Waals surface area contributed by atoms with Crippen LogP contribution in [0, 0.1) is 18.3 Å². The summed E-state index contributed by atoms with van der Waals surface area (Å²) in [6, 6.07) is 3.92. The largest absolute Gasteiger partial charge is 1.00 e. The van der Waals surface area contributed by atoms with Gasteiger partial charge in [0.15, 0.2) is 0 Å². The summed E-state index contributed by atoms with van der Waals surface area (Å²) in [7, 11) is 1.46. The van der Waals surface area contributed by atoms with Gasteiger partial charge in [0.1, 0.15) is 0 Å². The normalized spacial score (nSPS) is 13.4. The minimum atomic E-state index is -4.70. The number of hydrogen-bond donors (Lipinski definition) is 1. The standard InChI is InChI=1S/C10H9ClF3NO2.C5H6.CH4S.K/c1-15-8-3-2-6(11)4-7(8)9(17-5-16)10(12,13)14;1-2-5-3-4-5;1-2;/h2-5,9,15H,1H3;1,5H,3-4H2;2H,1H3;/q;;;+1/p-1. The topological polar surface area (TPSA) is 38.3 Å². The van der Waals surface area contributed by atoms with Crippen LogP contribution in [0.25, 0.3) is 0 Å². The molecule has 0 aliphatic heterocycles. The number of carbonyl (C=O) groups is 1. The Labute approximate surface area is 199 Å². The van der Waals surface area contributed by atoms with Gasteiger partial charge < -0.3 is 22.7 Å². The summed E-state index contributed by atoms with van der Waals surface area (Å²) in [6.07, 6.45) is 2.09. The van der Waals surface area contributed by atoms with Crippen LogP contribution in [0.1, 0.15) is 24.5 Å². The molecule has 1 aromatic carbocycles. The second kappa shape index (κ2) is 14.2. The summed E-state index contributed by atoms with van der Waals surface area (Å²) in [6.45, 7) is -0.238. The number of carbonyl (C=O) groups excluding carboxylic acids is 1. The summed E-state index contributed by atoms with van der Waals surface area (Å²) >= 11 is 9.71. The Kier molecular flexibility index (Phi) is 15.5. The molecule has 1 aliphatic carbocycles. The van der Waals surface area contributed by atoms with Crippen LogP contribution in [0.15, 0.2) is 18.2 Å². The number of terminal acetylenes is 1. The minimum Gasteiger partial charge on any atom is -0.796 e. The van der Waals surface area contributed by atoms with E-state index in [2.05, 4.69) is 28.6 Å². The van der Waals surface area contributed by atoms with E-state index in [1.807, 2.05) is 0 Å². The first-order valence-electron chi connectivity index (χ1n) is 6.83. The maximum absolute atomic E-state index is 12.7. The Morgan fingerprint density at radius 2 is 2.00 bits per heavy atom. The molecule has 3 nitrogen and oxygen atoms in total. The number of benzene rings is 1. The van der Waals surface area contributed by atoms with Crippen LogP contribution in [-0.2, 0) is 22.2 Å². The molecule has 0 radical (unpaired) electrons. The average Bonchev–Trinajstić information content (AvgIpc) is 3.38. The summed E-state index contributed by atoms with van der Waals surface area (Å²) in [5.41, 5.74) is -0.0434. The fraction of sp³-hybridized carbons (Fsp3) is 0.438. The summed E-state index contributed by atoms with van der Waals surface area (Å²) in [5.74, 6) is 3.30. The van der Waals surface area contributed by atoms with Crippen molar-refractivity contribution in [1.82, 2.24) is 0 Å². The fourth-order valence-corrected chi connectivity index (χ4v) is 1.79. The number of hydrogen-bond acceptors (Lipinski definition) is 4. The van der Waals surface area contributed by atoms with E-state index in [1.54, 1.807) is 6.26 Å². The van der Waals surface area contributed by atoms with Crippen molar-refractivity contribution < 1.29 is 74.1 Å². The summed E-state index contributed by atoms with van der Waals surface area (Å²) < 4.78 is 42.1. The molecule has 1 atom stereocenters. The third-order valence-electron chi connectivity index (χ3n) is 2.87. The molecule has 1 aliphatic rings. The van der Waals surface area contributed by atoms with E-state index in [1.165, 1.54) is 32.0 Å². The number of ether oxygens (including phenoxy) is 1. The molecular weight excluding hydrogens is 402 g/mol. The maximum Gasteiger partial charge on any atom is 1.00 e. The van der Waals surface area contributed by atoms with Gasteiger partial charge in [0, 0.05) is 29.2 Å². The van der Waals surface area contributed by atoms with Crippen molar-refractivity contribution >= 4 is 36.4 Å². The van der Waals surface area contributed by atoms with Gasteiger partial charge in [-0.2, -0.15) is 19.4 Å². The molecule has 134 valence electrons. The number of halogens is 4. The van der Waals surface area contributed by atoms with Gasteiger partial charge in [-0.15, -0.1) is 12.3 Å². The van der Waals surface area contributed by atoms with Crippen molar-refractivity contribution in [2.45, 2.75) is 25.1 Å². The molecule has 25 heavy (non-hydrogen) atoms. The number of rotatable bonds is 4. The van der Waals surface area contributed by atoms with Crippen molar-refractivity contribution in [3.8, 4) is 12.3 Å². The molecular formula is C16H18ClF3KNO2S. The maximum atomic E-state index is 12.7. The predicted molar refractivity (Wildman–Crippen MR) is 91.8 cm³/mol. The molecule has 0 aromatic heterocycles. The molecule has 1 aromatic rings. The second-order valence-corrected chi connectivity index (χ2v) is 5.01. The quantitative estimate of drug-likeness (QED) is 0.346. The average molecular weight is 420 g/mol. The Hall–Kier alpha value is 0.116. The van der Waals surface area contributed by atoms with Crippen molar-refractivity contribution in [1.29, 1.82) is 0 Å². The first-order valence-corrected chi connectivity index (χ1v) is 8.02. The van der Waals surface area contributed by atoms with E-state index < -0.39 is 12.3 Å². The third-order valence-corrected chi connectivity index (χ3v) is 3.10. The fourth-order valence-electron chi connectivity index (χ4n) is 1.61. The molecule has 0 saturated heterocycles. The smallest absolute Gasteiger partial charge is 0.796 e. The van der Waals surface area contributed by atoms with Gasteiger partial charge in [0.05, 0.1) is 0 Å². The summed E-state index contributed by atoms with van der Waals surface area (Å²) in [4.78, 5) is 10.1. The SMILES string of the molecule is C#CC1CC1.CNc1ccc(Cl)cc1C(OC=O)C(F)(F)F.C[S-].[K+]. The molecule has 1 fully saturated rings. The molecule has 0 bridgehead atoms. The zero-order chi connectivity index (χ0) is 18.8. The van der Waals surface area contributed by atoms with Crippen molar-refractivity contribution in [2.24, 2.45) is 5.92 Å². The van der Waals surface area contributed by atoms with Crippen LogP contribution in [0.3, 0.4) is 0 Å². The van der Waals surface area contributed by atoms with Crippen LogP contribution < -0.4 is 56.7 Å². The third kappa shape index (κ3) is 10.8. The molecule has 1 N–H and O–H groups in total. The summed E-state index contributed by atoms with van der Waals surface area (Å²) in [5, 5.41) is 2.71. The number of anilines is 1. The van der Waals surface area contributed by atoms with E-state index in [4.69, 9.17) is 18.0 Å². The molecule has 2 rings (SSSR count). The van der Waals surface area contributed by atoms with E-state index in [-0.39, 0.29) is 74.1 Å². The van der Waals surface area contributed by atoms with Gasteiger partial charge in [-0.3, -0.25) is 4.79 Å². The van der Waals surface area contributed by atoms with Crippen LogP contribution in [0.2, 0.25) is 5.02 Å². The molecule has 9 heteroatoms. The Morgan fingerprint density at radius 3 is 2.32 bits per heavy atom. The van der Waals surface area contributed by atoms with Gasteiger partial charge in [-0.25, -0.2) is 0 Å². The van der Waals surface area contributed by atoms with Crippen LogP contribution in [-0.4, -0.2) is 26.0 Å². The van der Waals surface area contributed by atoms with E-state index in [9.17, 15) is 18.0 Å². The van der Waals surface area contributed by atoms with Crippen LogP contribution in [0.4, 0.5) is 18.9 Å². The molecule has 1 saturated carbocycles. The first kappa shape index (κ1) is 27.3. The van der Waals surface area contributed by atoms with Crippen molar-refractivity contribution in [3.63, 3.8) is 0 Å². The first-order chi connectivity index (χ1) is 11.3. The van der Waals surface area contributed by atoms with Gasteiger partial charge in [-0.05, 0) is 31.0 Å². The monoisotopic (exact) mass is 419 g/mol. The Morgan fingerprint density at radius 1 is 1.44 bits per heavy atom. The second-order valence-electron chi connectivity index (χ2n) is 4.58. The Balaban J connectivity index is 0. The van der Waals surface area contributed by atoms with Gasteiger partial charge in [0.25, 0.3) is 6.47 Å². The zero-order valence-corrected chi connectivity index (χ0v) is 18.9. The number of alkyl halides is 3. The zero-order valence-electron chi connectivity index (χ0n) is 14.2. The molecule has 0 heterocycles. The Bertz CT molecular complexity index is 563. The number of nitrogens with one attached hydrogen (secondary N) is 1. The van der Waals surface area contributed by atoms with Crippen LogP contribution in [0.5, 0.6) is 0 Å².